The van der Waals surface area contributed by atoms with Crippen LogP contribution in [0.1, 0.15) is 5.69 Å². The predicted octanol–water partition coefficient (Wildman–Crippen LogP) is 2.04. The van der Waals surface area contributed by atoms with E-state index in [1.807, 2.05) is 12.2 Å². The quantitative estimate of drug-likeness (QED) is 0.592. The van der Waals surface area contributed by atoms with Gasteiger partial charge in [-0.2, -0.15) is 5.26 Å². The molecule has 1 N–H and O–H groups in total. The number of nitriles is 1. The molecule has 1 aromatic heterocycles. The maximum atomic E-state index is 9.11. The van der Waals surface area contributed by atoms with Crippen molar-refractivity contribution in [1.82, 2.24) is 15.3 Å². The van der Waals surface area contributed by atoms with Crippen molar-refractivity contribution in [2.75, 3.05) is 0 Å². The summed E-state index contributed by atoms with van der Waals surface area (Å²) in [6, 6.07) is 3.74. The van der Waals surface area contributed by atoms with Crippen LogP contribution >= 0.6 is 11.6 Å². The Kier molecular flexibility index (Phi) is 2.99. The fourth-order valence-electron chi connectivity index (χ4n) is 1.28. The lowest BCUT2D eigenvalue weighted by atomic mass is 10.1. The van der Waals surface area contributed by atoms with E-state index in [9.17, 15) is 0 Å². The van der Waals surface area contributed by atoms with Gasteiger partial charge in [0.15, 0.2) is 0 Å². The van der Waals surface area contributed by atoms with E-state index in [4.69, 9.17) is 16.9 Å². The van der Waals surface area contributed by atoms with Crippen LogP contribution < -0.4 is 5.32 Å². The van der Waals surface area contributed by atoms with E-state index >= 15 is 0 Å². The minimum Gasteiger partial charge on any atom is -0.361 e. The van der Waals surface area contributed by atoms with Crippen LogP contribution in [-0.4, -0.2) is 9.97 Å². The van der Waals surface area contributed by atoms with Gasteiger partial charge in [-0.1, -0.05) is 6.08 Å². The van der Waals surface area contributed by atoms with Crippen LogP contribution in [0.4, 0.5) is 0 Å². The number of nitrogens with one attached hydrogen (secondary N) is 1. The van der Waals surface area contributed by atoms with Gasteiger partial charge in [-0.3, -0.25) is 0 Å². The lowest BCUT2D eigenvalue weighted by Gasteiger charge is -2.08. The maximum absolute atomic E-state index is 9.11. The smallest absolute Gasteiger partial charge is 0.222 e. The Balaban J connectivity index is 2.49. The van der Waals surface area contributed by atoms with Crippen molar-refractivity contribution >= 4 is 17.2 Å². The molecule has 16 heavy (non-hydrogen) atoms. The van der Waals surface area contributed by atoms with Crippen LogP contribution in [0.25, 0.3) is 5.57 Å². The Morgan fingerprint density at radius 2 is 2.31 bits per heavy atom. The zero-order chi connectivity index (χ0) is 11.4. The summed E-state index contributed by atoms with van der Waals surface area (Å²) in [7, 11) is 0. The number of rotatable bonds is 1. The van der Waals surface area contributed by atoms with Gasteiger partial charge in [-0.25, -0.2) is 9.97 Å². The van der Waals surface area contributed by atoms with Crippen molar-refractivity contribution in [1.29, 1.82) is 5.26 Å². The minimum absolute atomic E-state index is 0.126. The van der Waals surface area contributed by atoms with Gasteiger partial charge in [0.05, 0.1) is 11.4 Å². The van der Waals surface area contributed by atoms with Gasteiger partial charge in [0.25, 0.3) is 0 Å². The van der Waals surface area contributed by atoms with Crippen LogP contribution in [0.2, 0.25) is 5.28 Å². The lowest BCUT2D eigenvalue weighted by molar-refractivity contribution is 1.08. The molecule has 4 nitrogen and oxygen atoms in total. The second-order valence-corrected chi connectivity index (χ2v) is 3.31. The van der Waals surface area contributed by atoms with Gasteiger partial charge in [0.1, 0.15) is 11.6 Å². The van der Waals surface area contributed by atoms with Crippen molar-refractivity contribution in [3.63, 3.8) is 0 Å². The molecule has 0 unspecified atom stereocenters. The number of nitrogens with zero attached hydrogens (tertiary/aromatic N) is 3. The highest BCUT2D eigenvalue weighted by atomic mass is 35.5. The minimum atomic E-state index is 0.126. The van der Waals surface area contributed by atoms with Crippen molar-refractivity contribution in [2.24, 2.45) is 0 Å². The maximum Gasteiger partial charge on any atom is 0.222 e. The summed E-state index contributed by atoms with van der Waals surface area (Å²) in [6.45, 7) is 0. The Labute approximate surface area is 97.6 Å². The fraction of sp³-hybridized carbons (Fsp3) is 0. The third-order valence-corrected chi connectivity index (χ3v) is 2.15. The zero-order valence-corrected chi connectivity index (χ0v) is 8.94. The Bertz CT molecular complexity index is 537. The molecular weight excluding hydrogens is 224 g/mol. The first-order valence-electron chi connectivity index (χ1n) is 4.54. The fourth-order valence-corrected chi connectivity index (χ4v) is 1.43. The summed E-state index contributed by atoms with van der Waals surface area (Å²) < 4.78 is 0. The molecule has 0 saturated carbocycles. The van der Waals surface area contributed by atoms with Crippen molar-refractivity contribution in [2.45, 2.75) is 0 Å². The van der Waals surface area contributed by atoms with E-state index in [-0.39, 0.29) is 5.28 Å². The lowest BCUT2D eigenvalue weighted by Crippen LogP contribution is -2.08. The number of halogens is 1. The summed E-state index contributed by atoms with van der Waals surface area (Å²) in [5.41, 5.74) is 1.63. The summed E-state index contributed by atoms with van der Waals surface area (Å²) in [5, 5.41) is 12.2. The third kappa shape index (κ3) is 2.10. The standard InChI is InChI=1S/C11H7ClN4/c12-11-15-6-4-10(16-11)8(7-13)9-3-1-2-5-14-9/h1-6,14H/b9-8-. The van der Waals surface area contributed by atoms with E-state index in [1.165, 1.54) is 6.20 Å². The molecule has 2 heterocycles. The Hall–Kier alpha value is -2.12. The van der Waals surface area contributed by atoms with Gasteiger partial charge in [0, 0.05) is 12.4 Å². The summed E-state index contributed by atoms with van der Waals surface area (Å²) in [6.07, 6.45) is 8.74. The van der Waals surface area contributed by atoms with Gasteiger partial charge in [-0.05, 0) is 29.8 Å². The van der Waals surface area contributed by atoms with Crippen molar-refractivity contribution < 1.29 is 0 Å². The largest absolute Gasteiger partial charge is 0.361 e. The Morgan fingerprint density at radius 1 is 1.44 bits per heavy atom. The SMILES string of the molecule is N#C/C(=C1\C=CC=CN1)c1ccnc(Cl)n1. The monoisotopic (exact) mass is 230 g/mol. The predicted molar refractivity (Wildman–Crippen MR) is 61.0 cm³/mol. The number of hydrogen-bond donors (Lipinski definition) is 1. The average Bonchev–Trinajstić information content (AvgIpc) is 2.31. The van der Waals surface area contributed by atoms with Gasteiger partial charge in [0.2, 0.25) is 5.28 Å². The first-order chi connectivity index (χ1) is 7.81. The molecular formula is C11H7ClN4. The second-order valence-electron chi connectivity index (χ2n) is 2.97. The van der Waals surface area contributed by atoms with E-state index in [1.54, 1.807) is 18.3 Å². The van der Waals surface area contributed by atoms with Crippen LogP contribution in [0.5, 0.6) is 0 Å². The molecule has 0 radical (unpaired) electrons. The molecule has 78 valence electrons. The third-order valence-electron chi connectivity index (χ3n) is 1.97. The van der Waals surface area contributed by atoms with Gasteiger partial charge in [-0.15, -0.1) is 0 Å². The molecule has 1 aliphatic heterocycles. The Morgan fingerprint density at radius 3 is 2.94 bits per heavy atom. The molecule has 0 aromatic carbocycles. The van der Waals surface area contributed by atoms with Gasteiger partial charge >= 0.3 is 0 Å². The molecule has 5 heteroatoms. The molecule has 0 atom stereocenters. The van der Waals surface area contributed by atoms with Crippen molar-refractivity contribution in [3.8, 4) is 6.07 Å². The van der Waals surface area contributed by atoms with Gasteiger partial charge < -0.3 is 5.32 Å². The number of dihydropyridines is 1. The zero-order valence-electron chi connectivity index (χ0n) is 8.18. The summed E-state index contributed by atoms with van der Waals surface area (Å²) in [4.78, 5) is 7.77. The average molecular weight is 231 g/mol. The summed E-state index contributed by atoms with van der Waals surface area (Å²) in [5.74, 6) is 0. The molecule has 0 spiro atoms. The van der Waals surface area contributed by atoms with E-state index < -0.39 is 0 Å². The molecule has 1 aromatic rings. The molecule has 1 aliphatic rings. The van der Waals surface area contributed by atoms with Crippen LogP contribution in [-0.2, 0) is 0 Å². The molecule has 0 fully saturated rings. The number of aromatic nitrogens is 2. The summed E-state index contributed by atoms with van der Waals surface area (Å²) >= 11 is 5.68. The molecule has 2 rings (SSSR count). The first kappa shape index (κ1) is 10.4. The number of allylic oxidation sites excluding steroid dienone is 4. The van der Waals surface area contributed by atoms with E-state index in [2.05, 4.69) is 21.4 Å². The highest BCUT2D eigenvalue weighted by Gasteiger charge is 2.09. The normalized spacial score (nSPS) is 16.5. The second kappa shape index (κ2) is 4.60. The van der Waals surface area contributed by atoms with Crippen LogP contribution in [0, 0.1) is 11.3 Å². The van der Waals surface area contributed by atoms with Crippen molar-refractivity contribution in [3.05, 3.63) is 53.4 Å². The highest BCUT2D eigenvalue weighted by molar-refractivity contribution is 6.28. The number of hydrogen-bond acceptors (Lipinski definition) is 4. The van der Waals surface area contributed by atoms with Crippen LogP contribution in [0.3, 0.4) is 0 Å². The molecule has 0 bridgehead atoms. The van der Waals surface area contributed by atoms with E-state index in [0.717, 1.165) is 0 Å². The van der Waals surface area contributed by atoms with Crippen LogP contribution in [0.15, 0.2) is 42.4 Å². The molecule has 0 aliphatic carbocycles. The first-order valence-corrected chi connectivity index (χ1v) is 4.92. The molecule has 0 amide bonds. The highest BCUT2D eigenvalue weighted by Crippen LogP contribution is 2.17. The topological polar surface area (TPSA) is 61.6 Å². The van der Waals surface area contributed by atoms with E-state index in [0.29, 0.717) is 17.0 Å². The molecule has 0 saturated heterocycles.